The molecule has 0 spiro atoms. The van der Waals surface area contributed by atoms with E-state index in [9.17, 15) is 0 Å². The molecule has 1 saturated heterocycles. The molecule has 3 heteroatoms. The summed E-state index contributed by atoms with van der Waals surface area (Å²) in [6.07, 6.45) is 7.50. The molecule has 0 aromatic heterocycles. The van der Waals surface area contributed by atoms with Gasteiger partial charge in [0.05, 0.1) is 13.2 Å². The molecule has 0 aliphatic carbocycles. The summed E-state index contributed by atoms with van der Waals surface area (Å²) in [6.45, 7) is 3.76. The maximum Gasteiger partial charge on any atom is 0.105 e. The Labute approximate surface area is 72.7 Å². The van der Waals surface area contributed by atoms with Gasteiger partial charge in [-0.25, -0.2) is 0 Å². The second kappa shape index (κ2) is 3.83. The van der Waals surface area contributed by atoms with Crippen LogP contribution in [0.4, 0.5) is 0 Å². The van der Waals surface area contributed by atoms with Crippen molar-refractivity contribution in [1.82, 2.24) is 4.90 Å². The molecule has 2 aliphatic heterocycles. The van der Waals surface area contributed by atoms with Crippen molar-refractivity contribution in [3.8, 4) is 0 Å². The van der Waals surface area contributed by atoms with Crippen LogP contribution in [0, 0.1) is 0 Å². The Kier molecular flexibility index (Phi) is 2.54. The Balaban J connectivity index is 1.90. The summed E-state index contributed by atoms with van der Waals surface area (Å²) in [7, 11) is 0. The van der Waals surface area contributed by atoms with Crippen LogP contribution >= 0.6 is 0 Å². The Morgan fingerprint density at radius 3 is 2.83 bits per heavy atom. The zero-order valence-corrected chi connectivity index (χ0v) is 7.15. The Morgan fingerprint density at radius 1 is 1.33 bits per heavy atom. The smallest absolute Gasteiger partial charge is 0.105 e. The molecule has 2 heterocycles. The molecule has 1 unspecified atom stereocenters. The highest BCUT2D eigenvalue weighted by Gasteiger charge is 2.18. The van der Waals surface area contributed by atoms with Crippen molar-refractivity contribution < 1.29 is 4.74 Å². The van der Waals surface area contributed by atoms with E-state index in [4.69, 9.17) is 4.74 Å². The van der Waals surface area contributed by atoms with Gasteiger partial charge in [-0.15, -0.1) is 0 Å². The van der Waals surface area contributed by atoms with Crippen LogP contribution in [0.25, 0.3) is 0 Å². The first kappa shape index (κ1) is 7.95. The van der Waals surface area contributed by atoms with Gasteiger partial charge >= 0.3 is 0 Å². The average molecular weight is 166 g/mol. The minimum absolute atomic E-state index is 0.374. The standard InChI is InChI=1S/C9H14N2O/c1-2-4-10-9(3-1)11-5-7-12-8-6-11/h1-2,4,9H,3,5-8H2. The van der Waals surface area contributed by atoms with Crippen molar-refractivity contribution in [2.75, 3.05) is 26.3 Å². The Hall–Kier alpha value is -0.670. The Morgan fingerprint density at radius 2 is 2.17 bits per heavy atom. The number of dihydropyridines is 1. The maximum atomic E-state index is 5.28. The predicted molar refractivity (Wildman–Crippen MR) is 48.4 cm³/mol. The highest BCUT2D eigenvalue weighted by Crippen LogP contribution is 2.11. The number of ether oxygens (including phenoxy) is 1. The van der Waals surface area contributed by atoms with Gasteiger partial charge < -0.3 is 4.74 Å². The van der Waals surface area contributed by atoms with Gasteiger partial charge in [0.15, 0.2) is 0 Å². The number of morpholine rings is 1. The predicted octanol–water partition coefficient (Wildman–Crippen LogP) is 0.675. The molecule has 0 aromatic rings. The van der Waals surface area contributed by atoms with Crippen LogP contribution in [0.15, 0.2) is 17.1 Å². The quantitative estimate of drug-likeness (QED) is 0.572. The van der Waals surface area contributed by atoms with E-state index in [1.54, 1.807) is 0 Å². The summed E-state index contributed by atoms with van der Waals surface area (Å²) < 4.78 is 5.28. The van der Waals surface area contributed by atoms with E-state index >= 15 is 0 Å². The highest BCUT2D eigenvalue weighted by atomic mass is 16.5. The minimum Gasteiger partial charge on any atom is -0.379 e. The van der Waals surface area contributed by atoms with Crippen LogP contribution in [0.5, 0.6) is 0 Å². The maximum absolute atomic E-state index is 5.28. The van der Waals surface area contributed by atoms with E-state index in [1.165, 1.54) is 0 Å². The summed E-state index contributed by atoms with van der Waals surface area (Å²) in [5.74, 6) is 0. The molecule has 1 fully saturated rings. The fourth-order valence-electron chi connectivity index (χ4n) is 1.59. The zero-order chi connectivity index (χ0) is 8.23. The number of nitrogens with zero attached hydrogens (tertiary/aromatic N) is 2. The number of allylic oxidation sites excluding steroid dienone is 1. The topological polar surface area (TPSA) is 24.8 Å². The van der Waals surface area contributed by atoms with E-state index < -0.39 is 0 Å². The van der Waals surface area contributed by atoms with Crippen molar-refractivity contribution >= 4 is 6.21 Å². The molecule has 3 nitrogen and oxygen atoms in total. The van der Waals surface area contributed by atoms with E-state index in [0.717, 1.165) is 32.7 Å². The molecule has 0 aromatic carbocycles. The normalized spacial score (nSPS) is 30.8. The minimum atomic E-state index is 0.374. The van der Waals surface area contributed by atoms with Crippen molar-refractivity contribution in [3.05, 3.63) is 12.2 Å². The molecule has 0 amide bonds. The van der Waals surface area contributed by atoms with E-state index in [0.29, 0.717) is 6.17 Å². The Bertz CT molecular complexity index is 195. The van der Waals surface area contributed by atoms with Crippen LogP contribution in [-0.2, 0) is 4.74 Å². The number of hydrogen-bond donors (Lipinski definition) is 0. The summed E-state index contributed by atoms with van der Waals surface area (Å²) in [4.78, 5) is 6.79. The second-order valence-electron chi connectivity index (χ2n) is 3.09. The summed E-state index contributed by atoms with van der Waals surface area (Å²) in [5, 5.41) is 0. The third-order valence-corrected chi connectivity index (χ3v) is 2.29. The van der Waals surface area contributed by atoms with Crippen LogP contribution in [0.2, 0.25) is 0 Å². The van der Waals surface area contributed by atoms with Gasteiger partial charge in [-0.1, -0.05) is 6.08 Å². The number of hydrogen-bond acceptors (Lipinski definition) is 3. The summed E-state index contributed by atoms with van der Waals surface area (Å²) >= 11 is 0. The SMILES string of the molecule is C1=CCC(N2CCOCC2)N=C1. The first-order valence-electron chi connectivity index (χ1n) is 4.47. The number of aliphatic imine (C=N–C) groups is 1. The molecule has 0 saturated carbocycles. The third-order valence-electron chi connectivity index (χ3n) is 2.29. The number of rotatable bonds is 1. The lowest BCUT2D eigenvalue weighted by molar-refractivity contribution is 0.0189. The van der Waals surface area contributed by atoms with Gasteiger partial charge in [0.25, 0.3) is 0 Å². The van der Waals surface area contributed by atoms with E-state index in [2.05, 4.69) is 16.0 Å². The van der Waals surface area contributed by atoms with Gasteiger partial charge in [0.2, 0.25) is 0 Å². The molecule has 0 radical (unpaired) electrons. The first-order valence-corrected chi connectivity index (χ1v) is 4.47. The molecular weight excluding hydrogens is 152 g/mol. The van der Waals surface area contributed by atoms with Crippen LogP contribution in [0.3, 0.4) is 0 Å². The molecule has 2 rings (SSSR count). The molecule has 0 N–H and O–H groups in total. The average Bonchev–Trinajstić information content (AvgIpc) is 2.21. The molecular formula is C9H14N2O. The molecule has 0 bridgehead atoms. The molecule has 1 atom stereocenters. The van der Waals surface area contributed by atoms with Crippen molar-refractivity contribution in [3.63, 3.8) is 0 Å². The zero-order valence-electron chi connectivity index (χ0n) is 7.15. The van der Waals surface area contributed by atoms with Crippen molar-refractivity contribution in [1.29, 1.82) is 0 Å². The second-order valence-corrected chi connectivity index (χ2v) is 3.09. The van der Waals surface area contributed by atoms with Gasteiger partial charge in [-0.3, -0.25) is 9.89 Å². The lowest BCUT2D eigenvalue weighted by atomic mass is 10.2. The summed E-state index contributed by atoms with van der Waals surface area (Å²) in [6, 6.07) is 0. The molecule has 66 valence electrons. The monoisotopic (exact) mass is 166 g/mol. The first-order chi connectivity index (χ1) is 5.97. The van der Waals surface area contributed by atoms with Gasteiger partial charge in [0, 0.05) is 25.7 Å². The molecule has 12 heavy (non-hydrogen) atoms. The van der Waals surface area contributed by atoms with Crippen LogP contribution < -0.4 is 0 Å². The lowest BCUT2D eigenvalue weighted by Crippen LogP contribution is -2.42. The fraction of sp³-hybridized carbons (Fsp3) is 0.667. The lowest BCUT2D eigenvalue weighted by Gasteiger charge is -2.32. The van der Waals surface area contributed by atoms with Crippen LogP contribution in [-0.4, -0.2) is 43.6 Å². The fourth-order valence-corrected chi connectivity index (χ4v) is 1.59. The van der Waals surface area contributed by atoms with E-state index in [1.807, 2.05) is 12.3 Å². The van der Waals surface area contributed by atoms with Crippen molar-refractivity contribution in [2.24, 2.45) is 4.99 Å². The molecule has 2 aliphatic rings. The van der Waals surface area contributed by atoms with Gasteiger partial charge in [0.1, 0.15) is 6.17 Å². The largest absolute Gasteiger partial charge is 0.379 e. The van der Waals surface area contributed by atoms with E-state index in [-0.39, 0.29) is 0 Å². The van der Waals surface area contributed by atoms with Gasteiger partial charge in [-0.2, -0.15) is 0 Å². The summed E-state index contributed by atoms with van der Waals surface area (Å²) in [5.41, 5.74) is 0. The van der Waals surface area contributed by atoms with Gasteiger partial charge in [-0.05, 0) is 6.08 Å². The third kappa shape index (κ3) is 1.73. The highest BCUT2D eigenvalue weighted by molar-refractivity contribution is 5.72. The van der Waals surface area contributed by atoms with Crippen molar-refractivity contribution in [2.45, 2.75) is 12.6 Å². The van der Waals surface area contributed by atoms with Crippen LogP contribution in [0.1, 0.15) is 6.42 Å².